The average Bonchev–Trinajstić information content (AvgIpc) is 2.92. The van der Waals surface area contributed by atoms with Gasteiger partial charge in [-0.2, -0.15) is 0 Å². The van der Waals surface area contributed by atoms with Crippen molar-refractivity contribution in [3.63, 3.8) is 0 Å². The lowest BCUT2D eigenvalue weighted by Crippen LogP contribution is -2.38. The molecule has 1 aromatic carbocycles. The van der Waals surface area contributed by atoms with E-state index in [9.17, 15) is 9.90 Å². The van der Waals surface area contributed by atoms with Gasteiger partial charge in [0.05, 0.1) is 11.7 Å². The standard InChI is InChI=1S/C18H26N2O3/c1-12-14(3-4-15-16(12)11-23-18(15)22)17(21)10-20-7-5-13(6-8-20)9-19-2/h3-4,13,17,19,21H,5-11H2,1-2H3/t17-/m1/s1. The number of ether oxygens (including phenoxy) is 1. The molecule has 1 aromatic rings. The zero-order valence-electron chi connectivity index (χ0n) is 14.0. The van der Waals surface area contributed by atoms with Gasteiger partial charge >= 0.3 is 5.97 Å². The molecule has 0 saturated carbocycles. The number of carbonyl (C=O) groups is 1. The SMILES string of the molecule is CNCC1CCN(C[C@@H](O)c2ccc3c(c2C)COC3=O)CC1. The number of β-amino-alcohol motifs (C(OH)–C–C–N with tert-alkyl or cyclic N) is 1. The number of piperidine rings is 1. The fraction of sp³-hybridized carbons (Fsp3) is 0.611. The van der Waals surface area contributed by atoms with Crippen LogP contribution in [-0.2, 0) is 11.3 Å². The summed E-state index contributed by atoms with van der Waals surface area (Å²) in [4.78, 5) is 13.9. The minimum atomic E-state index is -0.517. The Bertz CT molecular complexity index is 580. The number of carbonyl (C=O) groups excluding carboxylic acids is 1. The van der Waals surface area contributed by atoms with Crippen molar-refractivity contribution in [1.82, 2.24) is 10.2 Å². The van der Waals surface area contributed by atoms with Gasteiger partial charge in [0.25, 0.3) is 0 Å². The lowest BCUT2D eigenvalue weighted by molar-refractivity contribution is 0.0535. The van der Waals surface area contributed by atoms with Crippen LogP contribution >= 0.6 is 0 Å². The molecule has 0 radical (unpaired) electrons. The third-order valence-corrected chi connectivity index (χ3v) is 5.20. The molecule has 2 heterocycles. The number of nitrogens with one attached hydrogen (secondary N) is 1. The van der Waals surface area contributed by atoms with Crippen molar-refractivity contribution in [2.24, 2.45) is 5.92 Å². The lowest BCUT2D eigenvalue weighted by atomic mass is 9.93. The number of aliphatic hydroxyl groups is 1. The Morgan fingerprint density at radius 1 is 1.39 bits per heavy atom. The second-order valence-corrected chi connectivity index (χ2v) is 6.70. The Labute approximate surface area is 137 Å². The molecular formula is C18H26N2O3. The van der Waals surface area contributed by atoms with Gasteiger partial charge in [0.2, 0.25) is 0 Å². The molecule has 1 saturated heterocycles. The van der Waals surface area contributed by atoms with Crippen LogP contribution in [0.3, 0.4) is 0 Å². The number of fused-ring (bicyclic) bond motifs is 1. The van der Waals surface area contributed by atoms with Crippen molar-refractivity contribution in [3.05, 3.63) is 34.4 Å². The first-order chi connectivity index (χ1) is 11.1. The van der Waals surface area contributed by atoms with Crippen LogP contribution in [0, 0.1) is 12.8 Å². The number of aliphatic hydroxyl groups excluding tert-OH is 1. The summed E-state index contributed by atoms with van der Waals surface area (Å²) in [7, 11) is 2.00. The van der Waals surface area contributed by atoms with Crippen molar-refractivity contribution < 1.29 is 14.6 Å². The minimum Gasteiger partial charge on any atom is -0.457 e. The summed E-state index contributed by atoms with van der Waals surface area (Å²) in [6.07, 6.45) is 1.84. The van der Waals surface area contributed by atoms with Gasteiger partial charge in [0, 0.05) is 12.1 Å². The maximum absolute atomic E-state index is 11.6. The highest BCUT2D eigenvalue weighted by molar-refractivity contribution is 5.93. The smallest absolute Gasteiger partial charge is 0.338 e. The average molecular weight is 318 g/mol. The predicted octanol–water partition coefficient (Wildman–Crippen LogP) is 1.63. The van der Waals surface area contributed by atoms with Gasteiger partial charge in [-0.3, -0.25) is 0 Å². The molecule has 5 heteroatoms. The Balaban J connectivity index is 1.63. The summed E-state index contributed by atoms with van der Waals surface area (Å²) >= 11 is 0. The van der Waals surface area contributed by atoms with Crippen LogP contribution in [0.1, 0.15) is 46.0 Å². The van der Waals surface area contributed by atoms with Gasteiger partial charge in [0.1, 0.15) is 6.61 Å². The second-order valence-electron chi connectivity index (χ2n) is 6.70. The summed E-state index contributed by atoms with van der Waals surface area (Å²) < 4.78 is 5.09. The van der Waals surface area contributed by atoms with Crippen molar-refractivity contribution in [2.75, 3.05) is 33.2 Å². The van der Waals surface area contributed by atoms with Crippen LogP contribution in [0.5, 0.6) is 0 Å². The monoisotopic (exact) mass is 318 g/mol. The molecule has 0 spiro atoms. The quantitative estimate of drug-likeness (QED) is 0.808. The van der Waals surface area contributed by atoms with E-state index in [4.69, 9.17) is 4.74 Å². The molecule has 0 aliphatic carbocycles. The van der Waals surface area contributed by atoms with Gasteiger partial charge in [-0.15, -0.1) is 0 Å². The van der Waals surface area contributed by atoms with Gasteiger partial charge < -0.3 is 20.1 Å². The van der Waals surface area contributed by atoms with Gasteiger partial charge in [-0.1, -0.05) is 6.07 Å². The number of benzene rings is 1. The topological polar surface area (TPSA) is 61.8 Å². The molecule has 23 heavy (non-hydrogen) atoms. The van der Waals surface area contributed by atoms with E-state index in [-0.39, 0.29) is 5.97 Å². The molecular weight excluding hydrogens is 292 g/mol. The molecule has 2 aliphatic heterocycles. The van der Waals surface area contributed by atoms with E-state index in [2.05, 4.69) is 10.2 Å². The Morgan fingerprint density at radius 2 is 2.13 bits per heavy atom. The number of nitrogens with zero attached hydrogens (tertiary/aromatic N) is 1. The number of hydrogen-bond acceptors (Lipinski definition) is 5. The van der Waals surface area contributed by atoms with E-state index in [1.54, 1.807) is 6.07 Å². The van der Waals surface area contributed by atoms with E-state index in [0.29, 0.717) is 18.7 Å². The highest BCUT2D eigenvalue weighted by Gasteiger charge is 2.27. The largest absolute Gasteiger partial charge is 0.457 e. The molecule has 0 bridgehead atoms. The summed E-state index contributed by atoms with van der Waals surface area (Å²) in [5.41, 5.74) is 3.48. The first-order valence-electron chi connectivity index (χ1n) is 8.44. The van der Waals surface area contributed by atoms with Crippen LogP contribution in [-0.4, -0.2) is 49.2 Å². The number of likely N-dealkylation sites (tertiary alicyclic amines) is 1. The molecule has 3 rings (SSSR count). The predicted molar refractivity (Wildman–Crippen MR) is 88.3 cm³/mol. The van der Waals surface area contributed by atoms with E-state index in [1.165, 1.54) is 12.8 Å². The molecule has 2 N–H and O–H groups in total. The van der Waals surface area contributed by atoms with Crippen molar-refractivity contribution >= 4 is 5.97 Å². The van der Waals surface area contributed by atoms with Crippen molar-refractivity contribution in [1.29, 1.82) is 0 Å². The Hall–Kier alpha value is -1.43. The zero-order valence-corrected chi connectivity index (χ0v) is 14.0. The summed E-state index contributed by atoms with van der Waals surface area (Å²) in [5, 5.41) is 13.9. The fourth-order valence-corrected chi connectivity index (χ4v) is 3.73. The fourth-order valence-electron chi connectivity index (χ4n) is 3.73. The van der Waals surface area contributed by atoms with Crippen LogP contribution in [0.25, 0.3) is 0 Å². The van der Waals surface area contributed by atoms with E-state index in [0.717, 1.165) is 42.2 Å². The first-order valence-corrected chi connectivity index (χ1v) is 8.44. The normalized spacial score (nSPS) is 20.4. The van der Waals surface area contributed by atoms with Crippen LogP contribution < -0.4 is 5.32 Å². The molecule has 1 fully saturated rings. The zero-order chi connectivity index (χ0) is 16.4. The summed E-state index contributed by atoms with van der Waals surface area (Å²) in [6.45, 7) is 6.10. The molecule has 2 aliphatic rings. The maximum atomic E-state index is 11.6. The minimum absolute atomic E-state index is 0.254. The number of hydrogen-bond donors (Lipinski definition) is 2. The van der Waals surface area contributed by atoms with Crippen molar-refractivity contribution in [3.8, 4) is 0 Å². The maximum Gasteiger partial charge on any atom is 0.338 e. The molecule has 126 valence electrons. The highest BCUT2D eigenvalue weighted by atomic mass is 16.5. The number of rotatable bonds is 5. The van der Waals surface area contributed by atoms with Crippen LogP contribution in [0.15, 0.2) is 12.1 Å². The summed E-state index contributed by atoms with van der Waals surface area (Å²) in [6, 6.07) is 3.66. The third-order valence-electron chi connectivity index (χ3n) is 5.20. The Morgan fingerprint density at radius 3 is 2.83 bits per heavy atom. The molecule has 0 amide bonds. The van der Waals surface area contributed by atoms with Gasteiger partial charge in [-0.25, -0.2) is 4.79 Å². The Kier molecular flexibility index (Phi) is 4.99. The second kappa shape index (κ2) is 6.99. The van der Waals surface area contributed by atoms with Gasteiger partial charge in [0.15, 0.2) is 0 Å². The summed E-state index contributed by atoms with van der Waals surface area (Å²) in [5.74, 6) is 0.494. The van der Waals surface area contributed by atoms with Crippen molar-refractivity contribution in [2.45, 2.75) is 32.5 Å². The molecule has 5 nitrogen and oxygen atoms in total. The third kappa shape index (κ3) is 3.42. The highest BCUT2D eigenvalue weighted by Crippen LogP contribution is 2.30. The number of esters is 1. The molecule has 1 atom stereocenters. The first kappa shape index (κ1) is 16.4. The number of cyclic esters (lactones) is 1. The molecule has 0 aromatic heterocycles. The lowest BCUT2D eigenvalue weighted by Gasteiger charge is -2.33. The van der Waals surface area contributed by atoms with E-state index < -0.39 is 6.10 Å². The van der Waals surface area contributed by atoms with Gasteiger partial charge in [-0.05, 0) is 69.6 Å². The van der Waals surface area contributed by atoms with E-state index >= 15 is 0 Å². The van der Waals surface area contributed by atoms with E-state index in [1.807, 2.05) is 20.0 Å². The molecule has 0 unspecified atom stereocenters. The van der Waals surface area contributed by atoms with Crippen LogP contribution in [0.4, 0.5) is 0 Å². The van der Waals surface area contributed by atoms with Crippen LogP contribution in [0.2, 0.25) is 0 Å².